The highest BCUT2D eigenvalue weighted by Crippen LogP contribution is 2.32. The van der Waals surface area contributed by atoms with Crippen LogP contribution in [0.1, 0.15) is 0 Å². The number of nitrogens with zero attached hydrogens (tertiary/aromatic N) is 3. The van der Waals surface area contributed by atoms with Crippen molar-refractivity contribution in [3.05, 3.63) is 28.6 Å². The summed E-state index contributed by atoms with van der Waals surface area (Å²) in [5.41, 5.74) is 14.5. The Bertz CT molecular complexity index is 330. The first-order chi connectivity index (χ1) is 5.79. The molecule has 0 heterocycles. The smallest absolute Gasteiger partial charge is 0.130 e. The Kier molecular flexibility index (Phi) is 2.40. The van der Waals surface area contributed by atoms with Gasteiger partial charge >= 0.3 is 0 Å². The number of methoxy groups -OCH3 is 1. The van der Waals surface area contributed by atoms with Crippen LogP contribution in [0.25, 0.3) is 10.4 Å². The van der Waals surface area contributed by atoms with Crippen molar-refractivity contribution in [1.29, 1.82) is 0 Å². The fourth-order valence-corrected chi connectivity index (χ4v) is 0.856. The van der Waals surface area contributed by atoms with Gasteiger partial charge in [0.15, 0.2) is 0 Å². The summed E-state index contributed by atoms with van der Waals surface area (Å²) in [6.45, 7) is 0. The van der Waals surface area contributed by atoms with E-state index in [0.29, 0.717) is 17.1 Å². The Balaban J connectivity index is 3.28. The van der Waals surface area contributed by atoms with Crippen molar-refractivity contribution in [2.45, 2.75) is 0 Å². The van der Waals surface area contributed by atoms with Crippen molar-refractivity contribution in [1.82, 2.24) is 0 Å². The minimum Gasteiger partial charge on any atom is -0.496 e. The van der Waals surface area contributed by atoms with E-state index in [0.717, 1.165) is 0 Å². The number of ether oxygens (including phenoxy) is 1. The van der Waals surface area contributed by atoms with E-state index in [-0.39, 0.29) is 0 Å². The molecule has 0 spiro atoms. The Morgan fingerprint density at radius 2 is 2.33 bits per heavy atom. The van der Waals surface area contributed by atoms with Gasteiger partial charge in [0.25, 0.3) is 0 Å². The molecule has 5 nitrogen and oxygen atoms in total. The summed E-state index contributed by atoms with van der Waals surface area (Å²) in [5, 5.41) is 3.41. The number of azide groups is 1. The second-order valence-corrected chi connectivity index (χ2v) is 2.09. The minimum atomic E-state index is 0.336. The summed E-state index contributed by atoms with van der Waals surface area (Å²) in [6.07, 6.45) is 0. The second kappa shape index (κ2) is 3.50. The first kappa shape index (κ1) is 8.23. The van der Waals surface area contributed by atoms with Crippen LogP contribution in [0.4, 0.5) is 11.4 Å². The van der Waals surface area contributed by atoms with E-state index in [4.69, 9.17) is 16.0 Å². The van der Waals surface area contributed by atoms with Crippen molar-refractivity contribution in [2.75, 3.05) is 12.8 Å². The van der Waals surface area contributed by atoms with Gasteiger partial charge in [-0.25, -0.2) is 0 Å². The zero-order valence-electron chi connectivity index (χ0n) is 6.56. The summed E-state index contributed by atoms with van der Waals surface area (Å²) in [7, 11) is 1.49. The molecule has 1 aromatic carbocycles. The molecule has 2 N–H and O–H groups in total. The largest absolute Gasteiger partial charge is 0.496 e. The molecule has 0 saturated carbocycles. The molecule has 0 aliphatic rings. The molecule has 1 rings (SSSR count). The van der Waals surface area contributed by atoms with Crippen molar-refractivity contribution < 1.29 is 4.74 Å². The Morgan fingerprint density at radius 3 is 2.92 bits per heavy atom. The molecule has 0 unspecified atom stereocenters. The minimum absolute atomic E-state index is 0.336. The van der Waals surface area contributed by atoms with E-state index in [9.17, 15) is 0 Å². The molecular formula is C7H8N4O. The van der Waals surface area contributed by atoms with Gasteiger partial charge in [-0.05, 0) is 17.7 Å². The van der Waals surface area contributed by atoms with Gasteiger partial charge in [-0.15, -0.1) is 0 Å². The zero-order valence-corrected chi connectivity index (χ0v) is 6.56. The summed E-state index contributed by atoms with van der Waals surface area (Å²) in [6, 6.07) is 5.05. The first-order valence-electron chi connectivity index (χ1n) is 3.27. The number of benzene rings is 1. The molecule has 5 heteroatoms. The van der Waals surface area contributed by atoms with E-state index in [1.807, 2.05) is 0 Å². The third-order valence-electron chi connectivity index (χ3n) is 1.39. The van der Waals surface area contributed by atoms with Gasteiger partial charge < -0.3 is 10.5 Å². The predicted octanol–water partition coefficient (Wildman–Crippen LogP) is 2.22. The lowest BCUT2D eigenvalue weighted by Crippen LogP contribution is -1.88. The van der Waals surface area contributed by atoms with Gasteiger partial charge in [-0.2, -0.15) is 0 Å². The van der Waals surface area contributed by atoms with E-state index in [1.54, 1.807) is 18.2 Å². The molecule has 0 fully saturated rings. The quantitative estimate of drug-likeness (QED) is 0.314. The topological polar surface area (TPSA) is 84.0 Å². The van der Waals surface area contributed by atoms with Gasteiger partial charge in [0.1, 0.15) is 11.4 Å². The molecular weight excluding hydrogens is 156 g/mol. The Hall–Kier alpha value is -1.87. The van der Waals surface area contributed by atoms with Gasteiger partial charge in [0.2, 0.25) is 0 Å². The van der Waals surface area contributed by atoms with Gasteiger partial charge in [0, 0.05) is 10.6 Å². The number of hydrogen-bond acceptors (Lipinski definition) is 3. The molecule has 0 amide bonds. The second-order valence-electron chi connectivity index (χ2n) is 2.09. The molecule has 12 heavy (non-hydrogen) atoms. The standard InChI is InChI=1S/C7H8N4O/c1-12-6-4-2-3-5(8)7(6)10-11-9/h2-4H,8H2,1H3. The van der Waals surface area contributed by atoms with E-state index in [1.165, 1.54) is 7.11 Å². The van der Waals surface area contributed by atoms with Crippen LogP contribution in [0.2, 0.25) is 0 Å². The SMILES string of the molecule is COc1cccc(N)c1N=[N+]=[N-]. The third-order valence-corrected chi connectivity index (χ3v) is 1.39. The Morgan fingerprint density at radius 1 is 1.58 bits per heavy atom. The van der Waals surface area contributed by atoms with Crippen LogP contribution in [0.5, 0.6) is 5.75 Å². The van der Waals surface area contributed by atoms with Crippen LogP contribution in [-0.4, -0.2) is 7.11 Å². The molecule has 0 aliphatic heterocycles. The highest BCUT2D eigenvalue weighted by molar-refractivity contribution is 5.69. The van der Waals surface area contributed by atoms with Gasteiger partial charge in [-0.1, -0.05) is 11.2 Å². The van der Waals surface area contributed by atoms with Crippen LogP contribution in [0.15, 0.2) is 23.3 Å². The van der Waals surface area contributed by atoms with Crippen LogP contribution in [-0.2, 0) is 0 Å². The average Bonchev–Trinajstić information content (AvgIpc) is 2.09. The molecule has 0 radical (unpaired) electrons. The fraction of sp³-hybridized carbons (Fsp3) is 0.143. The molecule has 0 bridgehead atoms. The Labute approximate surface area is 69.4 Å². The predicted molar refractivity (Wildman–Crippen MR) is 46.2 cm³/mol. The zero-order chi connectivity index (χ0) is 8.97. The lowest BCUT2D eigenvalue weighted by molar-refractivity contribution is 0.416. The van der Waals surface area contributed by atoms with E-state index < -0.39 is 0 Å². The van der Waals surface area contributed by atoms with Gasteiger partial charge in [-0.3, -0.25) is 0 Å². The molecule has 0 saturated heterocycles. The van der Waals surface area contributed by atoms with Crippen molar-refractivity contribution in [3.8, 4) is 5.75 Å². The number of hydrogen-bond donors (Lipinski definition) is 1. The highest BCUT2D eigenvalue weighted by Gasteiger charge is 2.02. The van der Waals surface area contributed by atoms with E-state index >= 15 is 0 Å². The maximum absolute atomic E-state index is 8.21. The summed E-state index contributed by atoms with van der Waals surface area (Å²) >= 11 is 0. The fourth-order valence-electron chi connectivity index (χ4n) is 0.856. The van der Waals surface area contributed by atoms with Crippen LogP contribution >= 0.6 is 0 Å². The molecule has 0 atom stereocenters. The van der Waals surface area contributed by atoms with E-state index in [2.05, 4.69) is 10.0 Å². The summed E-state index contributed by atoms with van der Waals surface area (Å²) in [5.74, 6) is 0.479. The summed E-state index contributed by atoms with van der Waals surface area (Å²) in [4.78, 5) is 2.64. The molecule has 62 valence electrons. The van der Waals surface area contributed by atoms with Crippen LogP contribution < -0.4 is 10.5 Å². The monoisotopic (exact) mass is 164 g/mol. The number of nitrogens with two attached hydrogens (primary N) is 1. The van der Waals surface area contributed by atoms with Crippen molar-refractivity contribution in [2.24, 2.45) is 5.11 Å². The van der Waals surface area contributed by atoms with Crippen molar-refractivity contribution >= 4 is 11.4 Å². The number of nitrogen functional groups attached to an aromatic ring is 1. The first-order valence-corrected chi connectivity index (χ1v) is 3.27. The van der Waals surface area contributed by atoms with Crippen LogP contribution in [0.3, 0.4) is 0 Å². The molecule has 0 aliphatic carbocycles. The lowest BCUT2D eigenvalue weighted by atomic mass is 10.2. The number of rotatable bonds is 2. The normalized spacial score (nSPS) is 8.75. The average molecular weight is 164 g/mol. The number of anilines is 1. The van der Waals surface area contributed by atoms with Crippen molar-refractivity contribution in [3.63, 3.8) is 0 Å². The van der Waals surface area contributed by atoms with Gasteiger partial charge in [0.05, 0.1) is 7.11 Å². The lowest BCUT2D eigenvalue weighted by Gasteiger charge is -2.04. The molecule has 0 aromatic heterocycles. The maximum atomic E-state index is 8.21. The molecule has 1 aromatic rings. The highest BCUT2D eigenvalue weighted by atomic mass is 16.5. The third kappa shape index (κ3) is 1.41. The summed E-state index contributed by atoms with van der Waals surface area (Å²) < 4.78 is 4.93. The maximum Gasteiger partial charge on any atom is 0.130 e. The van der Waals surface area contributed by atoms with Crippen LogP contribution in [0, 0.1) is 0 Å².